The van der Waals surface area contributed by atoms with E-state index < -0.39 is 88.2 Å². The molecule has 38 heavy (non-hydrogen) atoms. The van der Waals surface area contributed by atoms with Gasteiger partial charge in [-0.15, -0.1) is 0 Å². The summed E-state index contributed by atoms with van der Waals surface area (Å²) in [4.78, 5) is 77.5. The molecule has 4 aliphatic carbocycles. The summed E-state index contributed by atoms with van der Waals surface area (Å²) in [5, 5.41) is 0. The first-order valence-corrected chi connectivity index (χ1v) is 13.3. The Bertz CT molecular complexity index is 1060. The van der Waals surface area contributed by atoms with Gasteiger partial charge in [0.2, 0.25) is 0 Å². The second-order valence-corrected chi connectivity index (χ2v) is 12.3. The summed E-state index contributed by atoms with van der Waals surface area (Å²) in [7, 11) is 0. The predicted octanol–water partition coefficient (Wildman–Crippen LogP) is 2.58. The Balaban J connectivity index is 2.09. The maximum Gasteiger partial charge on any atom is 0.302 e. The van der Waals surface area contributed by atoms with Crippen molar-refractivity contribution < 1.29 is 47.7 Å². The van der Waals surface area contributed by atoms with E-state index in [0.29, 0.717) is 12.8 Å². The first-order chi connectivity index (χ1) is 17.6. The van der Waals surface area contributed by atoms with Crippen molar-refractivity contribution >= 4 is 35.9 Å². The number of fused-ring (bicyclic) bond motifs is 3. The van der Waals surface area contributed by atoms with Crippen LogP contribution < -0.4 is 0 Å². The molecule has 0 aromatic rings. The molecular formula is C28H38O10. The highest BCUT2D eigenvalue weighted by Gasteiger charge is 2.82. The molecule has 10 nitrogen and oxygen atoms in total. The third-order valence-electron chi connectivity index (χ3n) is 9.84. The molecule has 4 fully saturated rings. The maximum absolute atomic E-state index is 14.4. The van der Waals surface area contributed by atoms with E-state index in [-0.39, 0.29) is 18.6 Å². The van der Waals surface area contributed by atoms with E-state index in [1.54, 1.807) is 6.92 Å². The molecule has 0 radical (unpaired) electrons. The molecule has 1 spiro atoms. The first kappa shape index (κ1) is 28.2. The fraction of sp³-hybridized carbons (Fsp3) is 0.786. The minimum atomic E-state index is -1.66. The molecule has 4 saturated carbocycles. The van der Waals surface area contributed by atoms with Crippen molar-refractivity contribution in [3.05, 3.63) is 0 Å². The van der Waals surface area contributed by atoms with E-state index in [9.17, 15) is 28.8 Å². The normalized spacial score (nSPS) is 42.7. The van der Waals surface area contributed by atoms with E-state index in [1.165, 1.54) is 27.7 Å². The van der Waals surface area contributed by atoms with Crippen LogP contribution in [0.1, 0.15) is 74.1 Å². The van der Waals surface area contributed by atoms with Crippen LogP contribution in [0.4, 0.5) is 0 Å². The largest absolute Gasteiger partial charge is 0.462 e. The van der Waals surface area contributed by atoms with Gasteiger partial charge in [-0.1, -0.05) is 20.8 Å². The molecule has 0 aromatic heterocycles. The average molecular weight is 535 g/mol. The van der Waals surface area contributed by atoms with Crippen molar-refractivity contribution in [1.82, 2.24) is 0 Å². The second-order valence-electron chi connectivity index (χ2n) is 12.3. The highest BCUT2D eigenvalue weighted by atomic mass is 16.6. The average Bonchev–Trinajstić information content (AvgIpc) is 2.91. The van der Waals surface area contributed by atoms with Crippen LogP contribution in [-0.4, -0.2) is 60.4 Å². The molecule has 0 heterocycles. The van der Waals surface area contributed by atoms with Gasteiger partial charge in [-0.25, -0.2) is 0 Å². The Morgan fingerprint density at radius 2 is 1.39 bits per heavy atom. The van der Waals surface area contributed by atoms with Gasteiger partial charge < -0.3 is 23.7 Å². The molecule has 0 aromatic carbocycles. The Hall–Kier alpha value is -2.78. The van der Waals surface area contributed by atoms with Crippen molar-refractivity contribution in [2.45, 2.75) is 98.6 Å². The van der Waals surface area contributed by atoms with Crippen LogP contribution in [0.3, 0.4) is 0 Å². The molecule has 0 amide bonds. The van der Waals surface area contributed by atoms with Crippen LogP contribution in [0.2, 0.25) is 0 Å². The van der Waals surface area contributed by atoms with E-state index >= 15 is 0 Å². The number of hydrogen-bond acceptors (Lipinski definition) is 10. The van der Waals surface area contributed by atoms with E-state index in [1.807, 2.05) is 13.8 Å². The lowest BCUT2D eigenvalue weighted by Gasteiger charge is -2.66. The van der Waals surface area contributed by atoms with Crippen LogP contribution in [0.15, 0.2) is 0 Å². The molecule has 0 unspecified atom stereocenters. The molecule has 4 rings (SSSR count). The fourth-order valence-electron chi connectivity index (χ4n) is 8.80. The maximum atomic E-state index is 14.4. The SMILES string of the molecule is CC(=O)O[C@H]1C[C@@H]2[C@@H](OC(C)=O)[C@@]3(C(=O)[C@@H]2C)[C@H](OC(C)=O)C[C@@H]2C(C)(C)CC[C@@H](OC(C)=O)[C@@]2(C=O)[C@H]13. The van der Waals surface area contributed by atoms with Gasteiger partial charge >= 0.3 is 23.9 Å². The van der Waals surface area contributed by atoms with Crippen LogP contribution in [0, 0.1) is 39.9 Å². The topological polar surface area (TPSA) is 139 Å². The van der Waals surface area contributed by atoms with Gasteiger partial charge in [-0.2, -0.15) is 0 Å². The zero-order chi connectivity index (χ0) is 28.4. The number of carbonyl (C=O) groups excluding carboxylic acids is 6. The smallest absolute Gasteiger partial charge is 0.302 e. The summed E-state index contributed by atoms with van der Waals surface area (Å²) in [6, 6.07) is 0. The highest BCUT2D eigenvalue weighted by Crippen LogP contribution is 2.72. The number of rotatable bonds is 5. The summed E-state index contributed by atoms with van der Waals surface area (Å²) in [5.41, 5.74) is -3.62. The summed E-state index contributed by atoms with van der Waals surface area (Å²) >= 11 is 0. The monoisotopic (exact) mass is 534 g/mol. The second kappa shape index (κ2) is 9.45. The third-order valence-corrected chi connectivity index (χ3v) is 9.84. The lowest BCUT2D eigenvalue weighted by atomic mass is 9.38. The van der Waals surface area contributed by atoms with Gasteiger partial charge in [0.1, 0.15) is 41.9 Å². The summed E-state index contributed by atoms with van der Waals surface area (Å²) in [6.07, 6.45) is -1.88. The Morgan fingerprint density at radius 1 is 0.842 bits per heavy atom. The molecule has 210 valence electrons. The van der Waals surface area contributed by atoms with Crippen molar-refractivity contribution in [3.8, 4) is 0 Å². The van der Waals surface area contributed by atoms with Gasteiger partial charge in [0.05, 0.1) is 5.41 Å². The molecule has 0 N–H and O–H groups in total. The molecule has 10 heteroatoms. The number of Topliss-reactive ketones (excluding diaryl/α,β-unsaturated/α-hetero) is 1. The lowest BCUT2D eigenvalue weighted by Crippen LogP contribution is -2.75. The van der Waals surface area contributed by atoms with Gasteiger partial charge in [0, 0.05) is 45.4 Å². The van der Waals surface area contributed by atoms with Gasteiger partial charge in [-0.3, -0.25) is 24.0 Å². The molecule has 0 saturated heterocycles. The molecule has 2 bridgehead atoms. The summed E-state index contributed by atoms with van der Waals surface area (Å²) in [5.74, 6) is -5.40. The van der Waals surface area contributed by atoms with E-state index in [0.717, 1.165) is 6.29 Å². The van der Waals surface area contributed by atoms with Crippen LogP contribution in [0.25, 0.3) is 0 Å². The van der Waals surface area contributed by atoms with E-state index in [4.69, 9.17) is 18.9 Å². The summed E-state index contributed by atoms with van der Waals surface area (Å²) in [6.45, 7) is 10.7. The van der Waals surface area contributed by atoms with Crippen LogP contribution >= 0.6 is 0 Å². The first-order valence-electron chi connectivity index (χ1n) is 13.3. The van der Waals surface area contributed by atoms with Crippen molar-refractivity contribution in [1.29, 1.82) is 0 Å². The Labute approximate surface area is 222 Å². The molecule has 4 aliphatic rings. The number of hydrogen-bond donors (Lipinski definition) is 0. The zero-order valence-corrected chi connectivity index (χ0v) is 23.1. The van der Waals surface area contributed by atoms with Crippen LogP contribution in [-0.2, 0) is 47.7 Å². The van der Waals surface area contributed by atoms with Crippen molar-refractivity contribution in [3.63, 3.8) is 0 Å². The number of esters is 4. The van der Waals surface area contributed by atoms with Gasteiger partial charge in [0.15, 0.2) is 0 Å². The minimum absolute atomic E-state index is 0.120. The molecular weight excluding hydrogens is 496 g/mol. The van der Waals surface area contributed by atoms with Crippen LogP contribution in [0.5, 0.6) is 0 Å². The number of aldehydes is 1. The zero-order valence-electron chi connectivity index (χ0n) is 23.1. The van der Waals surface area contributed by atoms with Gasteiger partial charge in [0.25, 0.3) is 0 Å². The fourth-order valence-corrected chi connectivity index (χ4v) is 8.80. The highest BCUT2D eigenvalue weighted by molar-refractivity contribution is 5.94. The standard InChI is InChI=1S/C28H38O10/c1-13-18-10-19(35-14(2)30)23-27(12-29)20(26(6,7)9-8-21(27)36-15(3)31)11-22(37-16(4)32)28(23,24(13)34)25(18)38-17(5)33/h12-13,18-23,25H,8-11H2,1-7H3/t13-,18+,19+,20-,21-,22-,23+,25-,27+,28+/m1/s1. The quantitative estimate of drug-likeness (QED) is 0.294. The van der Waals surface area contributed by atoms with Crippen molar-refractivity contribution in [2.24, 2.45) is 39.9 Å². The molecule has 10 atom stereocenters. The summed E-state index contributed by atoms with van der Waals surface area (Å²) < 4.78 is 23.4. The number of ether oxygens (including phenoxy) is 4. The lowest BCUT2D eigenvalue weighted by molar-refractivity contribution is -0.276. The Kier molecular flexibility index (Phi) is 7.02. The third kappa shape index (κ3) is 3.88. The minimum Gasteiger partial charge on any atom is -0.462 e. The van der Waals surface area contributed by atoms with Crippen molar-refractivity contribution in [2.75, 3.05) is 0 Å². The number of ketones is 1. The Morgan fingerprint density at radius 3 is 1.92 bits per heavy atom. The molecule has 0 aliphatic heterocycles. The predicted molar refractivity (Wildman–Crippen MR) is 130 cm³/mol. The number of carbonyl (C=O) groups is 6. The van der Waals surface area contributed by atoms with Gasteiger partial charge in [-0.05, 0) is 37.0 Å². The van der Waals surface area contributed by atoms with E-state index in [2.05, 4.69) is 0 Å².